The summed E-state index contributed by atoms with van der Waals surface area (Å²) in [6.45, 7) is 0. The van der Waals surface area contributed by atoms with Crippen molar-refractivity contribution in [3.05, 3.63) is 30.1 Å². The molecular formula is C12H17FN2. The van der Waals surface area contributed by atoms with Crippen molar-refractivity contribution < 1.29 is 4.39 Å². The van der Waals surface area contributed by atoms with E-state index in [0.29, 0.717) is 12.1 Å². The molecule has 0 heterocycles. The van der Waals surface area contributed by atoms with Gasteiger partial charge in [0.1, 0.15) is 5.82 Å². The first-order valence-corrected chi connectivity index (χ1v) is 5.52. The minimum absolute atomic E-state index is 0.194. The number of hydrogen-bond donors (Lipinski definition) is 2. The summed E-state index contributed by atoms with van der Waals surface area (Å²) in [5, 5.41) is 3.33. The van der Waals surface area contributed by atoms with Crippen LogP contribution in [0.15, 0.2) is 24.3 Å². The molecule has 3 heteroatoms. The van der Waals surface area contributed by atoms with Gasteiger partial charge in [-0.2, -0.15) is 0 Å². The van der Waals surface area contributed by atoms with E-state index in [0.717, 1.165) is 31.4 Å². The number of halogens is 1. The van der Waals surface area contributed by atoms with Crippen LogP contribution < -0.4 is 11.1 Å². The Bertz CT molecular complexity index is 327. The molecule has 0 amide bonds. The van der Waals surface area contributed by atoms with Crippen LogP contribution in [0.1, 0.15) is 25.7 Å². The zero-order valence-corrected chi connectivity index (χ0v) is 8.75. The van der Waals surface area contributed by atoms with Crippen LogP contribution in [0.3, 0.4) is 0 Å². The second-order valence-corrected chi connectivity index (χ2v) is 4.28. The van der Waals surface area contributed by atoms with Gasteiger partial charge in [-0.3, -0.25) is 0 Å². The molecule has 1 aliphatic rings. The average Bonchev–Trinajstić information content (AvgIpc) is 2.17. The summed E-state index contributed by atoms with van der Waals surface area (Å²) in [5.74, 6) is -0.194. The van der Waals surface area contributed by atoms with Crippen molar-refractivity contribution in [1.82, 2.24) is 0 Å². The maximum atomic E-state index is 12.9. The Morgan fingerprint density at radius 3 is 2.93 bits per heavy atom. The summed E-state index contributed by atoms with van der Waals surface area (Å²) in [5.41, 5.74) is 6.75. The van der Waals surface area contributed by atoms with Crippen molar-refractivity contribution in [2.45, 2.75) is 37.8 Å². The lowest BCUT2D eigenvalue weighted by atomic mass is 9.91. The average molecular weight is 208 g/mol. The molecule has 0 radical (unpaired) electrons. The molecule has 2 rings (SSSR count). The molecule has 82 valence electrons. The van der Waals surface area contributed by atoms with Gasteiger partial charge < -0.3 is 11.1 Å². The molecule has 2 unspecified atom stereocenters. The van der Waals surface area contributed by atoms with Crippen molar-refractivity contribution >= 4 is 5.69 Å². The van der Waals surface area contributed by atoms with Crippen molar-refractivity contribution in [3.8, 4) is 0 Å². The van der Waals surface area contributed by atoms with Gasteiger partial charge in [0.25, 0.3) is 0 Å². The van der Waals surface area contributed by atoms with Crippen LogP contribution >= 0.6 is 0 Å². The highest BCUT2D eigenvalue weighted by Crippen LogP contribution is 2.21. The summed E-state index contributed by atoms with van der Waals surface area (Å²) in [4.78, 5) is 0. The lowest BCUT2D eigenvalue weighted by molar-refractivity contribution is 0.409. The van der Waals surface area contributed by atoms with Gasteiger partial charge in [-0.15, -0.1) is 0 Å². The SMILES string of the molecule is NC1CCCC(Nc2cccc(F)c2)C1. The van der Waals surface area contributed by atoms with Crippen LogP contribution in [0.25, 0.3) is 0 Å². The first-order chi connectivity index (χ1) is 7.24. The fourth-order valence-corrected chi connectivity index (χ4v) is 2.17. The van der Waals surface area contributed by atoms with Gasteiger partial charge in [0.15, 0.2) is 0 Å². The van der Waals surface area contributed by atoms with Gasteiger partial charge in [-0.05, 0) is 43.9 Å². The Balaban J connectivity index is 1.96. The Morgan fingerprint density at radius 1 is 1.33 bits per heavy atom. The predicted molar refractivity (Wildman–Crippen MR) is 60.3 cm³/mol. The topological polar surface area (TPSA) is 38.0 Å². The number of hydrogen-bond acceptors (Lipinski definition) is 2. The van der Waals surface area contributed by atoms with Crippen LogP contribution in [0.5, 0.6) is 0 Å². The highest BCUT2D eigenvalue weighted by atomic mass is 19.1. The molecule has 0 aliphatic heterocycles. The number of rotatable bonds is 2. The van der Waals surface area contributed by atoms with E-state index in [1.165, 1.54) is 12.1 Å². The third-order valence-corrected chi connectivity index (χ3v) is 2.91. The van der Waals surface area contributed by atoms with E-state index >= 15 is 0 Å². The highest BCUT2D eigenvalue weighted by Gasteiger charge is 2.18. The largest absolute Gasteiger partial charge is 0.382 e. The fourth-order valence-electron chi connectivity index (χ4n) is 2.17. The highest BCUT2D eigenvalue weighted by molar-refractivity contribution is 5.44. The fraction of sp³-hybridized carbons (Fsp3) is 0.500. The molecule has 2 atom stereocenters. The molecule has 2 nitrogen and oxygen atoms in total. The third kappa shape index (κ3) is 2.93. The van der Waals surface area contributed by atoms with Crippen molar-refractivity contribution in [1.29, 1.82) is 0 Å². The molecule has 0 bridgehead atoms. The number of anilines is 1. The van der Waals surface area contributed by atoms with E-state index in [1.54, 1.807) is 6.07 Å². The van der Waals surface area contributed by atoms with Gasteiger partial charge in [-0.25, -0.2) is 4.39 Å². The van der Waals surface area contributed by atoms with Crippen molar-refractivity contribution in [2.75, 3.05) is 5.32 Å². The number of nitrogens with two attached hydrogens (primary N) is 1. The van der Waals surface area contributed by atoms with Crippen LogP contribution in [-0.2, 0) is 0 Å². The Hall–Kier alpha value is -1.09. The summed E-state index contributed by atoms with van der Waals surface area (Å²) in [7, 11) is 0. The molecule has 1 aromatic rings. The van der Waals surface area contributed by atoms with E-state index in [1.807, 2.05) is 6.07 Å². The van der Waals surface area contributed by atoms with Gasteiger partial charge in [-0.1, -0.05) is 6.07 Å². The standard InChI is InChI=1S/C12H17FN2/c13-9-3-1-5-11(7-9)15-12-6-2-4-10(14)8-12/h1,3,5,7,10,12,15H,2,4,6,8,14H2. The van der Waals surface area contributed by atoms with E-state index in [9.17, 15) is 4.39 Å². The molecular weight excluding hydrogens is 191 g/mol. The molecule has 1 saturated carbocycles. The molecule has 1 fully saturated rings. The van der Waals surface area contributed by atoms with E-state index < -0.39 is 0 Å². The maximum absolute atomic E-state index is 12.9. The van der Waals surface area contributed by atoms with Crippen LogP contribution in [-0.4, -0.2) is 12.1 Å². The van der Waals surface area contributed by atoms with Crippen molar-refractivity contribution in [2.24, 2.45) is 5.73 Å². The number of benzene rings is 1. The van der Waals surface area contributed by atoms with Gasteiger partial charge in [0, 0.05) is 17.8 Å². The van der Waals surface area contributed by atoms with Crippen LogP contribution in [0.4, 0.5) is 10.1 Å². The molecule has 1 aromatic carbocycles. The summed E-state index contributed by atoms with van der Waals surface area (Å²) in [6.07, 6.45) is 4.39. The second kappa shape index (κ2) is 4.62. The minimum atomic E-state index is -0.194. The zero-order valence-electron chi connectivity index (χ0n) is 8.75. The molecule has 15 heavy (non-hydrogen) atoms. The quantitative estimate of drug-likeness (QED) is 0.783. The predicted octanol–water partition coefficient (Wildman–Crippen LogP) is 2.51. The Labute approximate surface area is 89.7 Å². The summed E-state index contributed by atoms with van der Waals surface area (Å²) < 4.78 is 12.9. The Kier molecular flexibility index (Phi) is 3.21. The molecule has 3 N–H and O–H groups in total. The van der Waals surface area contributed by atoms with Gasteiger partial charge in [0.05, 0.1) is 0 Å². The van der Waals surface area contributed by atoms with Gasteiger partial charge >= 0.3 is 0 Å². The Morgan fingerprint density at radius 2 is 2.20 bits per heavy atom. The molecule has 0 saturated heterocycles. The van der Waals surface area contributed by atoms with E-state index in [-0.39, 0.29) is 5.82 Å². The van der Waals surface area contributed by atoms with Gasteiger partial charge in [0.2, 0.25) is 0 Å². The summed E-state index contributed by atoms with van der Waals surface area (Å²) in [6, 6.07) is 7.29. The zero-order chi connectivity index (χ0) is 10.7. The monoisotopic (exact) mass is 208 g/mol. The van der Waals surface area contributed by atoms with Crippen molar-refractivity contribution in [3.63, 3.8) is 0 Å². The van der Waals surface area contributed by atoms with Crippen LogP contribution in [0.2, 0.25) is 0 Å². The minimum Gasteiger partial charge on any atom is -0.382 e. The maximum Gasteiger partial charge on any atom is 0.125 e. The van der Waals surface area contributed by atoms with E-state index in [2.05, 4.69) is 5.32 Å². The smallest absolute Gasteiger partial charge is 0.125 e. The third-order valence-electron chi connectivity index (χ3n) is 2.91. The lowest BCUT2D eigenvalue weighted by Gasteiger charge is -2.28. The van der Waals surface area contributed by atoms with E-state index in [4.69, 9.17) is 5.73 Å². The first-order valence-electron chi connectivity index (χ1n) is 5.52. The van der Waals surface area contributed by atoms with Crippen LogP contribution in [0, 0.1) is 5.82 Å². The second-order valence-electron chi connectivity index (χ2n) is 4.28. The molecule has 0 spiro atoms. The molecule has 1 aliphatic carbocycles. The normalized spacial score (nSPS) is 26.3. The summed E-state index contributed by atoms with van der Waals surface area (Å²) >= 11 is 0. The first kappa shape index (κ1) is 10.4. The molecule has 0 aromatic heterocycles. The lowest BCUT2D eigenvalue weighted by Crippen LogP contribution is -2.34. The number of nitrogens with one attached hydrogen (secondary N) is 1.